The van der Waals surface area contributed by atoms with Gasteiger partial charge in [0.05, 0.1) is 0 Å². The average Bonchev–Trinajstić information content (AvgIpc) is 1.99. The van der Waals surface area contributed by atoms with Gasteiger partial charge in [0.25, 0.3) is 8.41 Å². The van der Waals surface area contributed by atoms with Crippen LogP contribution in [-0.2, 0) is 0 Å². The highest BCUT2D eigenvalue weighted by atomic mass is 28.4. The van der Waals surface area contributed by atoms with Crippen molar-refractivity contribution in [2.24, 2.45) is 5.73 Å². The zero-order chi connectivity index (χ0) is 9.78. The summed E-state index contributed by atoms with van der Waals surface area (Å²) in [7, 11) is -2.51. The van der Waals surface area contributed by atoms with E-state index in [1.165, 1.54) is 0 Å². The van der Waals surface area contributed by atoms with Gasteiger partial charge in [-0.15, -0.1) is 0 Å². The monoisotopic (exact) mass is 191 g/mol. The van der Waals surface area contributed by atoms with E-state index < -0.39 is 8.41 Å². The number of rotatable bonds is 5. The van der Waals surface area contributed by atoms with E-state index in [9.17, 15) is 4.11 Å². The summed E-state index contributed by atoms with van der Waals surface area (Å²) in [5.74, 6) is 0. The molecule has 0 aliphatic carbocycles. The summed E-state index contributed by atoms with van der Waals surface area (Å²) in [4.78, 5) is 0. The summed E-state index contributed by atoms with van der Waals surface area (Å²) < 4.78 is 14.3. The largest absolute Gasteiger partial charge is 0.330 e. The SMILES string of the molecule is CC(C)[Si](F)(CCCN)C(C)C. The Labute approximate surface area is 76.7 Å². The molecule has 0 atom stereocenters. The van der Waals surface area contributed by atoms with Gasteiger partial charge in [-0.3, -0.25) is 0 Å². The molecule has 0 amide bonds. The topological polar surface area (TPSA) is 26.0 Å². The first kappa shape index (κ1) is 12.1. The Bertz CT molecular complexity index is 118. The Balaban J connectivity index is 4.19. The van der Waals surface area contributed by atoms with Crippen LogP contribution in [0, 0.1) is 0 Å². The van der Waals surface area contributed by atoms with Gasteiger partial charge in [0, 0.05) is 0 Å². The fourth-order valence-electron chi connectivity index (χ4n) is 1.62. The summed E-state index contributed by atoms with van der Waals surface area (Å²) >= 11 is 0. The van der Waals surface area contributed by atoms with E-state index in [2.05, 4.69) is 0 Å². The molecule has 0 fully saturated rings. The molecule has 0 aromatic heterocycles. The molecule has 12 heavy (non-hydrogen) atoms. The summed E-state index contributed by atoms with van der Waals surface area (Å²) in [6.45, 7) is 8.63. The van der Waals surface area contributed by atoms with E-state index in [1.54, 1.807) is 0 Å². The van der Waals surface area contributed by atoms with Crippen LogP contribution in [0.5, 0.6) is 0 Å². The van der Waals surface area contributed by atoms with Crippen molar-refractivity contribution >= 4 is 8.41 Å². The predicted molar refractivity (Wildman–Crippen MR) is 55.5 cm³/mol. The lowest BCUT2D eigenvalue weighted by molar-refractivity contribution is 0.651. The first-order valence-electron chi connectivity index (χ1n) is 4.84. The maximum atomic E-state index is 14.3. The van der Waals surface area contributed by atoms with Crippen LogP contribution in [0.2, 0.25) is 17.1 Å². The highest BCUT2D eigenvalue weighted by molar-refractivity contribution is 6.75. The minimum Gasteiger partial charge on any atom is -0.330 e. The second kappa shape index (κ2) is 4.97. The molecule has 2 N–H and O–H groups in total. The lowest BCUT2D eigenvalue weighted by Gasteiger charge is -2.30. The third-order valence-corrected chi connectivity index (χ3v) is 7.64. The molecule has 1 nitrogen and oxygen atoms in total. The van der Waals surface area contributed by atoms with Gasteiger partial charge in [-0.25, -0.2) is 0 Å². The second-order valence-corrected chi connectivity index (χ2v) is 8.79. The average molecular weight is 191 g/mol. The van der Waals surface area contributed by atoms with Gasteiger partial charge in [0.15, 0.2) is 0 Å². The summed E-state index contributed by atoms with van der Waals surface area (Å²) in [5, 5.41) is 0. The van der Waals surface area contributed by atoms with Crippen LogP contribution >= 0.6 is 0 Å². The first-order valence-corrected chi connectivity index (χ1v) is 7.08. The Morgan fingerprint density at radius 3 is 1.83 bits per heavy atom. The molecule has 0 rings (SSSR count). The van der Waals surface area contributed by atoms with Crippen molar-refractivity contribution in [1.82, 2.24) is 0 Å². The van der Waals surface area contributed by atoms with E-state index in [1.807, 2.05) is 27.7 Å². The van der Waals surface area contributed by atoms with E-state index in [-0.39, 0.29) is 11.1 Å². The molecule has 0 radical (unpaired) electrons. The molecule has 0 aliphatic heterocycles. The first-order chi connectivity index (χ1) is 5.45. The minimum absolute atomic E-state index is 0.226. The van der Waals surface area contributed by atoms with Crippen molar-refractivity contribution < 1.29 is 4.11 Å². The van der Waals surface area contributed by atoms with Gasteiger partial charge in [-0.05, 0) is 30.1 Å². The molecule has 0 unspecified atom stereocenters. The summed E-state index contributed by atoms with van der Waals surface area (Å²) in [5.41, 5.74) is 5.84. The van der Waals surface area contributed by atoms with Crippen LogP contribution in [0.1, 0.15) is 34.1 Å². The molecular formula is C9H22FNSi. The third-order valence-electron chi connectivity index (χ3n) is 2.68. The molecule has 0 aromatic carbocycles. The summed E-state index contributed by atoms with van der Waals surface area (Å²) in [6, 6.07) is 0.735. The molecule has 3 heteroatoms. The zero-order valence-corrected chi connectivity index (χ0v) is 9.73. The predicted octanol–water partition coefficient (Wildman–Crippen LogP) is 3.07. The van der Waals surface area contributed by atoms with Gasteiger partial charge in [0.1, 0.15) is 0 Å². The van der Waals surface area contributed by atoms with Crippen molar-refractivity contribution in [3.63, 3.8) is 0 Å². The number of hydrogen-bond acceptors (Lipinski definition) is 1. The molecule has 0 saturated heterocycles. The van der Waals surface area contributed by atoms with Gasteiger partial charge in [-0.2, -0.15) is 0 Å². The fourth-order valence-corrected chi connectivity index (χ4v) is 4.85. The van der Waals surface area contributed by atoms with Gasteiger partial charge in [0.2, 0.25) is 0 Å². The standard InChI is InChI=1S/C9H22FNSi/c1-8(2)12(10,9(3)4)7-5-6-11/h8-9H,5-7,11H2,1-4H3. The molecule has 0 aromatic rings. The molecule has 0 spiro atoms. The smallest absolute Gasteiger partial charge is 0.252 e. The molecule has 0 heterocycles. The quantitative estimate of drug-likeness (QED) is 0.524. The van der Waals surface area contributed by atoms with Crippen molar-refractivity contribution in [1.29, 1.82) is 0 Å². The second-order valence-electron chi connectivity index (χ2n) is 4.13. The summed E-state index contributed by atoms with van der Waals surface area (Å²) in [6.07, 6.45) is 0.846. The van der Waals surface area contributed by atoms with Crippen LogP contribution < -0.4 is 5.73 Å². The number of hydrogen-bond donors (Lipinski definition) is 1. The Morgan fingerprint density at radius 2 is 1.58 bits per heavy atom. The third kappa shape index (κ3) is 2.86. The van der Waals surface area contributed by atoms with Gasteiger partial charge in [-0.1, -0.05) is 27.7 Å². The molecule has 0 aliphatic rings. The highest BCUT2D eigenvalue weighted by Crippen LogP contribution is 2.37. The maximum Gasteiger partial charge on any atom is 0.252 e. The van der Waals surface area contributed by atoms with Crippen LogP contribution in [-0.4, -0.2) is 15.0 Å². The van der Waals surface area contributed by atoms with Crippen LogP contribution in [0.3, 0.4) is 0 Å². The number of nitrogens with two attached hydrogens (primary N) is 1. The Kier molecular flexibility index (Phi) is 5.02. The Hall–Kier alpha value is 0.107. The molecule has 74 valence electrons. The van der Waals surface area contributed by atoms with Crippen molar-refractivity contribution in [3.8, 4) is 0 Å². The zero-order valence-electron chi connectivity index (χ0n) is 8.73. The van der Waals surface area contributed by atoms with Gasteiger partial charge >= 0.3 is 0 Å². The Morgan fingerprint density at radius 1 is 1.17 bits per heavy atom. The van der Waals surface area contributed by atoms with E-state index in [4.69, 9.17) is 5.73 Å². The van der Waals surface area contributed by atoms with E-state index in [0.29, 0.717) is 6.54 Å². The number of halogens is 1. The van der Waals surface area contributed by atoms with E-state index >= 15 is 0 Å². The molecular weight excluding hydrogens is 169 g/mol. The van der Waals surface area contributed by atoms with Gasteiger partial charge < -0.3 is 9.84 Å². The van der Waals surface area contributed by atoms with Crippen LogP contribution in [0.15, 0.2) is 0 Å². The molecule has 0 saturated carbocycles. The lowest BCUT2D eigenvalue weighted by atomic mass is 10.5. The normalized spacial score (nSPS) is 13.0. The minimum atomic E-state index is -2.51. The van der Waals surface area contributed by atoms with Crippen molar-refractivity contribution in [3.05, 3.63) is 0 Å². The molecule has 0 bridgehead atoms. The lowest BCUT2D eigenvalue weighted by Crippen LogP contribution is -2.36. The van der Waals surface area contributed by atoms with Crippen molar-refractivity contribution in [2.75, 3.05) is 6.54 Å². The maximum absolute atomic E-state index is 14.3. The van der Waals surface area contributed by atoms with E-state index in [0.717, 1.165) is 12.5 Å². The van der Waals surface area contributed by atoms with Crippen molar-refractivity contribution in [2.45, 2.75) is 51.2 Å². The van der Waals surface area contributed by atoms with Crippen LogP contribution in [0.4, 0.5) is 4.11 Å². The van der Waals surface area contributed by atoms with Crippen LogP contribution in [0.25, 0.3) is 0 Å². The fraction of sp³-hybridized carbons (Fsp3) is 1.00. The highest BCUT2D eigenvalue weighted by Gasteiger charge is 2.40.